The first kappa shape index (κ1) is 12.4. The Morgan fingerprint density at radius 1 is 1.50 bits per heavy atom. The van der Waals surface area contributed by atoms with E-state index in [1.165, 1.54) is 4.90 Å². The Kier molecular flexibility index (Phi) is 3.23. The third-order valence-electron chi connectivity index (χ3n) is 3.20. The monoisotopic (exact) mass is 249 g/mol. The van der Waals surface area contributed by atoms with Crippen molar-refractivity contribution in [1.29, 1.82) is 0 Å². The van der Waals surface area contributed by atoms with Crippen molar-refractivity contribution < 1.29 is 19.4 Å². The van der Waals surface area contributed by atoms with E-state index in [4.69, 9.17) is 9.84 Å². The summed E-state index contributed by atoms with van der Waals surface area (Å²) in [5, 5.41) is 8.93. The Bertz CT molecular complexity index is 498. The minimum atomic E-state index is -1.05. The van der Waals surface area contributed by atoms with Crippen LogP contribution >= 0.6 is 0 Å². The highest BCUT2D eigenvalue weighted by molar-refractivity contribution is 6.08. The molecule has 1 aromatic carbocycles. The summed E-state index contributed by atoms with van der Waals surface area (Å²) in [4.78, 5) is 24.4. The molecule has 0 radical (unpaired) electrons. The summed E-state index contributed by atoms with van der Waals surface area (Å²) in [5.74, 6) is -1.58. The number of carboxylic acid groups (broad SMARTS) is 1. The van der Waals surface area contributed by atoms with E-state index in [2.05, 4.69) is 0 Å². The number of aliphatic carboxylic acids is 1. The van der Waals surface area contributed by atoms with E-state index in [-0.39, 0.29) is 5.91 Å². The Morgan fingerprint density at radius 3 is 2.72 bits per heavy atom. The predicted molar refractivity (Wildman–Crippen MR) is 65.8 cm³/mol. The summed E-state index contributed by atoms with van der Waals surface area (Å²) >= 11 is 0. The number of nitrogens with zero attached hydrogens (tertiary/aromatic N) is 1. The summed E-state index contributed by atoms with van der Waals surface area (Å²) in [5.41, 5.74) is 1.65. The third kappa shape index (κ3) is 2.03. The van der Waals surface area contributed by atoms with Crippen LogP contribution in [0.3, 0.4) is 0 Å². The van der Waals surface area contributed by atoms with E-state index in [9.17, 15) is 9.59 Å². The van der Waals surface area contributed by atoms with Crippen LogP contribution < -0.4 is 9.64 Å². The molecule has 1 aromatic rings. The first-order valence-corrected chi connectivity index (χ1v) is 5.73. The van der Waals surface area contributed by atoms with Crippen LogP contribution in [0.1, 0.15) is 12.0 Å². The third-order valence-corrected chi connectivity index (χ3v) is 3.20. The molecular weight excluding hydrogens is 234 g/mol. The highest BCUT2D eigenvalue weighted by Gasteiger charge is 2.37. The number of methoxy groups -OCH3 is 1. The number of ether oxygens (including phenoxy) is 1. The average molecular weight is 249 g/mol. The molecule has 1 aliphatic heterocycles. The molecule has 0 aliphatic carbocycles. The van der Waals surface area contributed by atoms with Gasteiger partial charge in [0.1, 0.15) is 11.7 Å². The van der Waals surface area contributed by atoms with Crippen LogP contribution in [0.25, 0.3) is 0 Å². The van der Waals surface area contributed by atoms with Gasteiger partial charge in [-0.05, 0) is 37.1 Å². The van der Waals surface area contributed by atoms with Gasteiger partial charge in [0.25, 0.3) is 0 Å². The van der Waals surface area contributed by atoms with E-state index >= 15 is 0 Å². The number of carbonyl (C=O) groups is 2. The van der Waals surface area contributed by atoms with Crippen molar-refractivity contribution in [2.75, 3.05) is 18.6 Å². The molecule has 1 fully saturated rings. The van der Waals surface area contributed by atoms with Crippen LogP contribution in [-0.2, 0) is 9.59 Å². The van der Waals surface area contributed by atoms with Gasteiger partial charge in [-0.25, -0.2) is 0 Å². The lowest BCUT2D eigenvalue weighted by Crippen LogP contribution is -2.30. The Morgan fingerprint density at radius 2 is 2.22 bits per heavy atom. The molecule has 2 rings (SSSR count). The topological polar surface area (TPSA) is 66.8 Å². The quantitative estimate of drug-likeness (QED) is 0.823. The van der Waals surface area contributed by atoms with Crippen molar-refractivity contribution in [2.45, 2.75) is 13.3 Å². The van der Waals surface area contributed by atoms with E-state index in [1.54, 1.807) is 19.2 Å². The standard InChI is InChI=1S/C13H15NO4/c1-8-7-9(18-2)3-4-11(8)14-6-5-10(12(14)15)13(16)17/h3-4,7,10H,5-6H2,1-2H3,(H,16,17). The van der Waals surface area contributed by atoms with Crippen molar-refractivity contribution >= 4 is 17.6 Å². The van der Waals surface area contributed by atoms with Crippen LogP contribution in [0.5, 0.6) is 5.75 Å². The number of benzene rings is 1. The summed E-state index contributed by atoms with van der Waals surface area (Å²) in [6, 6.07) is 5.39. The van der Waals surface area contributed by atoms with Crippen LogP contribution in [0.4, 0.5) is 5.69 Å². The zero-order valence-corrected chi connectivity index (χ0v) is 10.3. The van der Waals surface area contributed by atoms with Crippen LogP contribution in [0.15, 0.2) is 18.2 Å². The van der Waals surface area contributed by atoms with Gasteiger partial charge in [0.2, 0.25) is 5.91 Å². The highest BCUT2D eigenvalue weighted by atomic mass is 16.5. The minimum absolute atomic E-state index is 0.337. The van der Waals surface area contributed by atoms with Gasteiger partial charge in [-0.3, -0.25) is 9.59 Å². The molecule has 1 N–H and O–H groups in total. The number of hydrogen-bond donors (Lipinski definition) is 1. The Balaban J connectivity index is 2.28. The zero-order chi connectivity index (χ0) is 13.3. The van der Waals surface area contributed by atoms with Gasteiger partial charge in [-0.2, -0.15) is 0 Å². The second-order valence-corrected chi connectivity index (χ2v) is 4.32. The fourth-order valence-corrected chi connectivity index (χ4v) is 2.21. The molecule has 5 nitrogen and oxygen atoms in total. The average Bonchev–Trinajstić information content (AvgIpc) is 2.71. The van der Waals surface area contributed by atoms with Gasteiger partial charge in [0.05, 0.1) is 7.11 Å². The Hall–Kier alpha value is -2.04. The number of aryl methyl sites for hydroxylation is 1. The van der Waals surface area contributed by atoms with E-state index < -0.39 is 11.9 Å². The zero-order valence-electron chi connectivity index (χ0n) is 10.3. The first-order chi connectivity index (χ1) is 8.54. The molecule has 1 amide bonds. The van der Waals surface area contributed by atoms with Gasteiger partial charge in [0.15, 0.2) is 0 Å². The van der Waals surface area contributed by atoms with E-state index in [0.29, 0.717) is 13.0 Å². The SMILES string of the molecule is COc1ccc(N2CCC(C(=O)O)C2=O)c(C)c1. The lowest BCUT2D eigenvalue weighted by atomic mass is 10.1. The second-order valence-electron chi connectivity index (χ2n) is 4.32. The minimum Gasteiger partial charge on any atom is -0.497 e. The molecule has 0 bridgehead atoms. The molecule has 18 heavy (non-hydrogen) atoms. The second kappa shape index (κ2) is 4.68. The maximum absolute atomic E-state index is 12.0. The van der Waals surface area contributed by atoms with Gasteiger partial charge in [0, 0.05) is 12.2 Å². The number of anilines is 1. The van der Waals surface area contributed by atoms with E-state index in [1.807, 2.05) is 13.0 Å². The molecule has 1 atom stereocenters. The molecular formula is C13H15NO4. The molecule has 0 aromatic heterocycles. The number of carbonyl (C=O) groups excluding carboxylic acids is 1. The molecule has 96 valence electrons. The van der Waals surface area contributed by atoms with Gasteiger partial charge in [-0.15, -0.1) is 0 Å². The molecule has 0 saturated carbocycles. The van der Waals surface area contributed by atoms with Crippen LogP contribution in [0.2, 0.25) is 0 Å². The number of carboxylic acids is 1. The molecule has 5 heteroatoms. The molecule has 0 spiro atoms. The number of rotatable bonds is 3. The Labute approximate surface area is 105 Å². The number of amides is 1. The largest absolute Gasteiger partial charge is 0.497 e. The fraction of sp³-hybridized carbons (Fsp3) is 0.385. The van der Waals surface area contributed by atoms with Crippen LogP contribution in [-0.4, -0.2) is 30.6 Å². The van der Waals surface area contributed by atoms with Crippen molar-refractivity contribution in [1.82, 2.24) is 0 Å². The van der Waals surface area contributed by atoms with Gasteiger partial charge in [-0.1, -0.05) is 0 Å². The van der Waals surface area contributed by atoms with Crippen molar-refractivity contribution in [3.8, 4) is 5.75 Å². The van der Waals surface area contributed by atoms with Crippen molar-refractivity contribution in [3.05, 3.63) is 23.8 Å². The molecule has 1 heterocycles. The fourth-order valence-electron chi connectivity index (χ4n) is 2.21. The van der Waals surface area contributed by atoms with Crippen molar-refractivity contribution in [2.24, 2.45) is 5.92 Å². The lowest BCUT2D eigenvalue weighted by molar-refractivity contribution is -0.144. The maximum Gasteiger partial charge on any atom is 0.316 e. The lowest BCUT2D eigenvalue weighted by Gasteiger charge is -2.19. The molecule has 1 saturated heterocycles. The normalized spacial score (nSPS) is 19.1. The summed E-state index contributed by atoms with van der Waals surface area (Å²) in [6.07, 6.45) is 0.361. The van der Waals surface area contributed by atoms with Gasteiger partial charge < -0.3 is 14.7 Å². The van der Waals surface area contributed by atoms with Gasteiger partial charge >= 0.3 is 5.97 Å². The summed E-state index contributed by atoms with van der Waals surface area (Å²) in [7, 11) is 1.58. The van der Waals surface area contributed by atoms with Crippen LogP contribution in [0, 0.1) is 12.8 Å². The first-order valence-electron chi connectivity index (χ1n) is 5.73. The maximum atomic E-state index is 12.0. The number of hydrogen-bond acceptors (Lipinski definition) is 3. The smallest absolute Gasteiger partial charge is 0.316 e. The summed E-state index contributed by atoms with van der Waals surface area (Å²) < 4.78 is 5.10. The van der Waals surface area contributed by atoms with Crippen molar-refractivity contribution in [3.63, 3.8) is 0 Å². The molecule has 1 aliphatic rings. The van der Waals surface area contributed by atoms with E-state index in [0.717, 1.165) is 17.0 Å². The summed E-state index contributed by atoms with van der Waals surface area (Å²) in [6.45, 7) is 2.32. The highest BCUT2D eigenvalue weighted by Crippen LogP contribution is 2.30. The predicted octanol–water partition coefficient (Wildman–Crippen LogP) is 1.44. The molecule has 1 unspecified atom stereocenters.